The zero-order valence-corrected chi connectivity index (χ0v) is 12.4. The topological polar surface area (TPSA) is 24.5 Å². The highest BCUT2D eigenvalue weighted by Gasteiger charge is 2.31. The molecule has 0 amide bonds. The summed E-state index contributed by atoms with van der Waals surface area (Å²) in [5.74, 6) is 0. The molecule has 0 bridgehead atoms. The third-order valence-electron chi connectivity index (χ3n) is 4.54. The number of benzene rings is 1. The molecule has 2 aliphatic heterocycles. The molecule has 3 rings (SSSR count). The maximum atomic E-state index is 5.99. The van der Waals surface area contributed by atoms with Crippen LogP contribution >= 0.6 is 0 Å². The number of nitrogens with one attached hydrogen (secondary N) is 1. The monoisotopic (exact) mass is 274 g/mol. The summed E-state index contributed by atoms with van der Waals surface area (Å²) in [6, 6.07) is 11.9. The first-order valence-corrected chi connectivity index (χ1v) is 7.94. The normalized spacial score (nSPS) is 28.2. The summed E-state index contributed by atoms with van der Waals surface area (Å²) in [6.45, 7) is 6.53. The van der Waals surface area contributed by atoms with Crippen molar-refractivity contribution in [1.29, 1.82) is 0 Å². The van der Waals surface area contributed by atoms with Crippen molar-refractivity contribution >= 4 is 0 Å². The van der Waals surface area contributed by atoms with E-state index in [9.17, 15) is 0 Å². The first-order valence-electron chi connectivity index (χ1n) is 7.94. The standard InChI is InChI=1S/C17H26N2O/c1-14(10-15-6-3-2-4-7-15)18-11-17-12-19-9-5-8-16(19)13-20-17/h2-4,6-7,14,16-18H,5,8-13H2,1H3. The van der Waals surface area contributed by atoms with Gasteiger partial charge in [0.1, 0.15) is 0 Å². The van der Waals surface area contributed by atoms with E-state index in [0.29, 0.717) is 18.2 Å². The molecule has 3 unspecified atom stereocenters. The molecule has 1 aromatic carbocycles. The Morgan fingerprint density at radius 3 is 3.05 bits per heavy atom. The molecule has 3 heteroatoms. The summed E-state index contributed by atoms with van der Waals surface area (Å²) < 4.78 is 5.99. The van der Waals surface area contributed by atoms with E-state index < -0.39 is 0 Å². The largest absolute Gasteiger partial charge is 0.374 e. The van der Waals surface area contributed by atoms with Gasteiger partial charge in [-0.25, -0.2) is 0 Å². The molecular formula is C17H26N2O. The number of ether oxygens (including phenoxy) is 1. The van der Waals surface area contributed by atoms with Crippen LogP contribution in [-0.4, -0.2) is 49.3 Å². The Labute approximate surface area is 122 Å². The van der Waals surface area contributed by atoms with Crippen molar-refractivity contribution in [3.63, 3.8) is 0 Å². The van der Waals surface area contributed by atoms with Gasteiger partial charge in [-0.15, -0.1) is 0 Å². The molecule has 0 aliphatic carbocycles. The first-order chi connectivity index (χ1) is 9.81. The fraction of sp³-hybridized carbons (Fsp3) is 0.647. The quantitative estimate of drug-likeness (QED) is 0.889. The Morgan fingerprint density at radius 1 is 1.35 bits per heavy atom. The highest BCUT2D eigenvalue weighted by Crippen LogP contribution is 2.22. The molecule has 2 fully saturated rings. The van der Waals surface area contributed by atoms with Crippen LogP contribution in [0.1, 0.15) is 25.3 Å². The maximum Gasteiger partial charge on any atom is 0.0827 e. The van der Waals surface area contributed by atoms with Gasteiger partial charge in [0, 0.05) is 25.2 Å². The average Bonchev–Trinajstić information content (AvgIpc) is 2.93. The van der Waals surface area contributed by atoms with Crippen molar-refractivity contribution < 1.29 is 4.74 Å². The zero-order chi connectivity index (χ0) is 13.8. The number of nitrogens with zero attached hydrogens (tertiary/aromatic N) is 1. The minimum absolute atomic E-state index is 0.363. The molecule has 20 heavy (non-hydrogen) atoms. The summed E-state index contributed by atoms with van der Waals surface area (Å²) in [5, 5.41) is 3.63. The Hall–Kier alpha value is -0.900. The molecular weight excluding hydrogens is 248 g/mol. The van der Waals surface area contributed by atoms with Crippen LogP contribution in [0.15, 0.2) is 30.3 Å². The van der Waals surface area contributed by atoms with E-state index in [4.69, 9.17) is 4.74 Å². The van der Waals surface area contributed by atoms with Gasteiger partial charge < -0.3 is 10.1 Å². The average molecular weight is 274 g/mol. The van der Waals surface area contributed by atoms with Crippen LogP contribution in [0.2, 0.25) is 0 Å². The lowest BCUT2D eigenvalue weighted by Crippen LogP contribution is -2.50. The Kier molecular flexibility index (Phi) is 4.71. The molecule has 2 aliphatic rings. The Bertz CT molecular complexity index is 409. The van der Waals surface area contributed by atoms with Gasteiger partial charge in [0.25, 0.3) is 0 Å². The van der Waals surface area contributed by atoms with Crippen molar-refractivity contribution in [3.05, 3.63) is 35.9 Å². The summed E-state index contributed by atoms with van der Waals surface area (Å²) >= 11 is 0. The van der Waals surface area contributed by atoms with Gasteiger partial charge >= 0.3 is 0 Å². The molecule has 3 atom stereocenters. The summed E-state index contributed by atoms with van der Waals surface area (Å²) in [4.78, 5) is 2.61. The van der Waals surface area contributed by atoms with Gasteiger partial charge in [0.15, 0.2) is 0 Å². The number of fused-ring (bicyclic) bond motifs is 1. The molecule has 0 spiro atoms. The highest BCUT2D eigenvalue weighted by atomic mass is 16.5. The fourth-order valence-electron chi connectivity index (χ4n) is 3.38. The second-order valence-corrected chi connectivity index (χ2v) is 6.25. The van der Waals surface area contributed by atoms with Gasteiger partial charge in [-0.3, -0.25) is 4.90 Å². The van der Waals surface area contributed by atoms with Crippen molar-refractivity contribution in [2.75, 3.05) is 26.2 Å². The predicted molar refractivity (Wildman–Crippen MR) is 81.9 cm³/mol. The molecule has 0 radical (unpaired) electrons. The molecule has 3 nitrogen and oxygen atoms in total. The van der Waals surface area contributed by atoms with Crippen molar-refractivity contribution in [1.82, 2.24) is 10.2 Å². The molecule has 2 saturated heterocycles. The van der Waals surface area contributed by atoms with Crippen molar-refractivity contribution in [3.8, 4) is 0 Å². The maximum absolute atomic E-state index is 5.99. The molecule has 1 aromatic rings. The van der Waals surface area contributed by atoms with Gasteiger partial charge in [0.2, 0.25) is 0 Å². The van der Waals surface area contributed by atoms with Gasteiger partial charge in [-0.1, -0.05) is 30.3 Å². The molecule has 1 N–H and O–H groups in total. The van der Waals surface area contributed by atoms with E-state index in [1.807, 2.05) is 0 Å². The molecule has 0 saturated carbocycles. The minimum Gasteiger partial charge on any atom is -0.374 e. The highest BCUT2D eigenvalue weighted by molar-refractivity contribution is 5.15. The van der Waals surface area contributed by atoms with E-state index in [0.717, 1.165) is 26.1 Å². The minimum atomic E-state index is 0.363. The van der Waals surface area contributed by atoms with Crippen LogP contribution in [0.5, 0.6) is 0 Å². The lowest BCUT2D eigenvalue weighted by molar-refractivity contribution is -0.0476. The first kappa shape index (κ1) is 14.1. The number of hydrogen-bond acceptors (Lipinski definition) is 3. The van der Waals surface area contributed by atoms with E-state index in [1.54, 1.807) is 0 Å². The lowest BCUT2D eigenvalue weighted by atomic mass is 10.1. The Morgan fingerprint density at radius 2 is 2.20 bits per heavy atom. The molecule has 2 heterocycles. The number of rotatable bonds is 5. The van der Waals surface area contributed by atoms with Crippen LogP contribution in [0.4, 0.5) is 0 Å². The summed E-state index contributed by atoms with van der Waals surface area (Å²) in [6.07, 6.45) is 4.12. The van der Waals surface area contributed by atoms with E-state index in [-0.39, 0.29) is 0 Å². The lowest BCUT2D eigenvalue weighted by Gasteiger charge is -2.35. The van der Waals surface area contributed by atoms with Crippen molar-refractivity contribution in [2.45, 2.75) is 44.4 Å². The molecule has 110 valence electrons. The fourth-order valence-corrected chi connectivity index (χ4v) is 3.38. The second kappa shape index (κ2) is 6.70. The predicted octanol–water partition coefficient (Wildman–Crippen LogP) is 2.07. The van der Waals surface area contributed by atoms with Crippen LogP contribution in [0.3, 0.4) is 0 Å². The van der Waals surface area contributed by atoms with Gasteiger partial charge in [0.05, 0.1) is 12.7 Å². The number of hydrogen-bond donors (Lipinski definition) is 1. The number of morpholine rings is 1. The third-order valence-corrected chi connectivity index (χ3v) is 4.54. The van der Waals surface area contributed by atoms with Crippen LogP contribution in [-0.2, 0) is 11.2 Å². The van der Waals surface area contributed by atoms with Gasteiger partial charge in [-0.05, 0) is 38.3 Å². The zero-order valence-electron chi connectivity index (χ0n) is 12.4. The SMILES string of the molecule is CC(Cc1ccccc1)NCC1CN2CCCC2CO1. The van der Waals surface area contributed by atoms with Crippen molar-refractivity contribution in [2.24, 2.45) is 0 Å². The van der Waals surface area contributed by atoms with Crippen LogP contribution in [0.25, 0.3) is 0 Å². The smallest absolute Gasteiger partial charge is 0.0827 e. The van der Waals surface area contributed by atoms with Gasteiger partial charge in [-0.2, -0.15) is 0 Å². The summed E-state index contributed by atoms with van der Waals surface area (Å²) in [5.41, 5.74) is 1.40. The van der Waals surface area contributed by atoms with Crippen LogP contribution < -0.4 is 5.32 Å². The van der Waals surface area contributed by atoms with E-state index in [2.05, 4.69) is 47.5 Å². The summed E-state index contributed by atoms with van der Waals surface area (Å²) in [7, 11) is 0. The van der Waals surface area contributed by atoms with E-state index in [1.165, 1.54) is 24.9 Å². The third kappa shape index (κ3) is 3.60. The van der Waals surface area contributed by atoms with Crippen LogP contribution in [0, 0.1) is 0 Å². The second-order valence-electron chi connectivity index (χ2n) is 6.25. The van der Waals surface area contributed by atoms with E-state index >= 15 is 0 Å². The molecule has 0 aromatic heterocycles. The Balaban J connectivity index is 1.40.